The number of amides is 1. The third kappa shape index (κ3) is 4.18. The molecule has 30 heavy (non-hydrogen) atoms. The van der Waals surface area contributed by atoms with Crippen LogP contribution in [0.4, 0.5) is 18.9 Å². The highest BCUT2D eigenvalue weighted by Crippen LogP contribution is 2.41. The van der Waals surface area contributed by atoms with Crippen LogP contribution in [0.3, 0.4) is 0 Å². The molecule has 2 heterocycles. The van der Waals surface area contributed by atoms with E-state index in [1.54, 1.807) is 0 Å². The first-order chi connectivity index (χ1) is 14.2. The summed E-state index contributed by atoms with van der Waals surface area (Å²) in [4.78, 5) is 19.8. The fourth-order valence-electron chi connectivity index (χ4n) is 3.02. The number of carbonyl (C=O) groups is 1. The van der Waals surface area contributed by atoms with Crippen molar-refractivity contribution in [3.8, 4) is 6.07 Å². The van der Waals surface area contributed by atoms with Gasteiger partial charge < -0.3 is 20.9 Å². The number of nitrogens with two attached hydrogens (primary N) is 1. The highest BCUT2D eigenvalue weighted by molar-refractivity contribution is 6.02. The smallest absolute Gasteiger partial charge is 0.283 e. The Kier molecular flexibility index (Phi) is 5.89. The van der Waals surface area contributed by atoms with Crippen LogP contribution in [0.15, 0.2) is 41.5 Å². The summed E-state index contributed by atoms with van der Waals surface area (Å²) >= 11 is 0. The summed E-state index contributed by atoms with van der Waals surface area (Å²) in [6.45, 7) is -0.369. The van der Waals surface area contributed by atoms with Gasteiger partial charge in [-0.05, 0) is 30.3 Å². The lowest BCUT2D eigenvalue weighted by Gasteiger charge is -2.30. The lowest BCUT2D eigenvalue weighted by atomic mass is 9.84. The van der Waals surface area contributed by atoms with Crippen LogP contribution in [0.1, 0.15) is 28.0 Å². The average molecular weight is 419 g/mol. The molecule has 3 rings (SSSR count). The van der Waals surface area contributed by atoms with Crippen molar-refractivity contribution in [3.05, 3.63) is 59.2 Å². The predicted molar refractivity (Wildman–Crippen MR) is 99.2 cm³/mol. The number of aliphatic hydroxyl groups excluding tert-OH is 1. The highest BCUT2D eigenvalue weighted by Gasteiger charge is 2.47. The number of alkyl halides is 2. The number of aliphatic imine (C=N–C) groups is 1. The number of carbonyl (C=O) groups excluding carboxylic acids is 1. The maximum Gasteiger partial charge on any atom is 0.283 e. The number of halogens is 3. The van der Waals surface area contributed by atoms with Crippen LogP contribution >= 0.6 is 0 Å². The zero-order valence-corrected chi connectivity index (χ0v) is 15.3. The van der Waals surface area contributed by atoms with Crippen molar-refractivity contribution in [3.63, 3.8) is 0 Å². The zero-order valence-electron chi connectivity index (χ0n) is 15.3. The fourth-order valence-corrected chi connectivity index (χ4v) is 3.02. The van der Waals surface area contributed by atoms with Crippen molar-refractivity contribution in [1.29, 1.82) is 5.26 Å². The molecule has 1 amide bonds. The Morgan fingerprint density at radius 3 is 2.80 bits per heavy atom. The Hall–Kier alpha value is -3.65. The largest absolute Gasteiger partial charge is 0.463 e. The van der Waals surface area contributed by atoms with Crippen LogP contribution in [0, 0.1) is 17.1 Å². The van der Waals surface area contributed by atoms with Gasteiger partial charge >= 0.3 is 0 Å². The molecule has 1 aliphatic rings. The molecule has 8 nitrogen and oxygen atoms in total. The van der Waals surface area contributed by atoms with Gasteiger partial charge in [-0.2, -0.15) is 5.26 Å². The normalized spacial score (nSPS) is 21.2. The summed E-state index contributed by atoms with van der Waals surface area (Å²) in [5.41, 5.74) is 2.62. The van der Waals surface area contributed by atoms with E-state index in [0.717, 1.165) is 12.1 Å². The molecule has 0 saturated carbocycles. The van der Waals surface area contributed by atoms with Gasteiger partial charge in [0.05, 0.1) is 11.7 Å². The minimum absolute atomic E-state index is 0.00369. The fraction of sp³-hybridized carbons (Fsp3) is 0.263. The van der Waals surface area contributed by atoms with E-state index in [4.69, 9.17) is 15.7 Å². The number of amidine groups is 1. The second-order valence-corrected chi connectivity index (χ2v) is 6.54. The Morgan fingerprint density at radius 1 is 1.40 bits per heavy atom. The number of rotatable bonds is 4. The molecule has 11 heteroatoms. The van der Waals surface area contributed by atoms with Crippen molar-refractivity contribution >= 4 is 17.6 Å². The topological polar surface area (TPSA) is 134 Å². The molecule has 0 spiro atoms. The maximum atomic E-state index is 14.6. The molecule has 1 unspecified atom stereocenters. The SMILES string of the molecule is N#Cc1ccc(C(=O)Nc2ccc(F)c([C@]3(C(F)F)CC(O)COC(N)=N3)c2)nc1. The number of aliphatic hydroxyl groups is 1. The average Bonchev–Trinajstić information content (AvgIpc) is 2.88. The zero-order chi connectivity index (χ0) is 21.9. The van der Waals surface area contributed by atoms with Crippen LogP contribution in [0.25, 0.3) is 0 Å². The van der Waals surface area contributed by atoms with E-state index < -0.39 is 47.8 Å². The van der Waals surface area contributed by atoms with Gasteiger partial charge in [-0.15, -0.1) is 0 Å². The van der Waals surface area contributed by atoms with Gasteiger partial charge in [0.25, 0.3) is 18.4 Å². The highest BCUT2D eigenvalue weighted by atomic mass is 19.3. The quantitative estimate of drug-likeness (QED) is 0.693. The Balaban J connectivity index is 1.98. The molecule has 2 aromatic rings. The van der Waals surface area contributed by atoms with Crippen LogP contribution < -0.4 is 11.1 Å². The van der Waals surface area contributed by atoms with Crippen molar-refractivity contribution in [1.82, 2.24) is 4.98 Å². The molecule has 0 radical (unpaired) electrons. The van der Waals surface area contributed by atoms with Crippen molar-refractivity contribution in [2.45, 2.75) is 24.5 Å². The molecule has 4 N–H and O–H groups in total. The van der Waals surface area contributed by atoms with E-state index in [1.165, 1.54) is 24.4 Å². The molecule has 1 aromatic heterocycles. The van der Waals surface area contributed by atoms with E-state index in [2.05, 4.69) is 15.3 Å². The van der Waals surface area contributed by atoms with Gasteiger partial charge in [0, 0.05) is 23.9 Å². The van der Waals surface area contributed by atoms with Gasteiger partial charge in [0.1, 0.15) is 24.2 Å². The summed E-state index contributed by atoms with van der Waals surface area (Å²) in [5, 5.41) is 21.1. The van der Waals surface area contributed by atoms with Crippen molar-refractivity contribution in [2.75, 3.05) is 11.9 Å². The summed E-state index contributed by atoms with van der Waals surface area (Å²) < 4.78 is 47.6. The Labute approximate surface area is 168 Å². The first kappa shape index (κ1) is 21.1. The Bertz CT molecular complexity index is 1020. The number of benzene rings is 1. The lowest BCUT2D eigenvalue weighted by Crippen LogP contribution is -2.38. The number of ether oxygens (including phenoxy) is 1. The number of nitriles is 1. The molecule has 1 aromatic carbocycles. The standard InChI is InChI=1S/C19H16F3N5O3/c20-14-3-2-11(26-16(29)15-4-1-10(7-23)8-25-15)5-13(14)19(17(21)22)6-12(28)9-30-18(24)27-19/h1-5,8,12,17,28H,6,9H2,(H2,24,27)(H,26,29)/t12?,19-/m0/s1. The van der Waals surface area contributed by atoms with E-state index in [-0.39, 0.29) is 23.6 Å². The third-order valence-corrected chi connectivity index (χ3v) is 4.46. The summed E-state index contributed by atoms with van der Waals surface area (Å²) in [6.07, 6.45) is -4.05. The van der Waals surface area contributed by atoms with Crippen LogP contribution in [0.5, 0.6) is 0 Å². The predicted octanol–water partition coefficient (Wildman–Crippen LogP) is 1.90. The summed E-state index contributed by atoms with van der Waals surface area (Å²) in [6, 6.07) is 7.01. The van der Waals surface area contributed by atoms with Crippen molar-refractivity contribution < 1.29 is 27.8 Å². The maximum absolute atomic E-state index is 14.6. The number of anilines is 1. The van der Waals surface area contributed by atoms with E-state index in [1.807, 2.05) is 6.07 Å². The number of nitrogens with zero attached hydrogens (tertiary/aromatic N) is 3. The summed E-state index contributed by atoms with van der Waals surface area (Å²) in [7, 11) is 0. The molecule has 0 aliphatic carbocycles. The number of hydrogen-bond acceptors (Lipinski definition) is 7. The van der Waals surface area contributed by atoms with E-state index in [0.29, 0.717) is 0 Å². The molecule has 0 saturated heterocycles. The number of hydrogen-bond donors (Lipinski definition) is 3. The minimum atomic E-state index is -3.23. The first-order valence-corrected chi connectivity index (χ1v) is 8.67. The Morgan fingerprint density at radius 2 is 2.17 bits per heavy atom. The first-order valence-electron chi connectivity index (χ1n) is 8.67. The molecule has 2 atom stereocenters. The molecule has 156 valence electrons. The molecule has 1 aliphatic heterocycles. The lowest BCUT2D eigenvalue weighted by molar-refractivity contribution is 0.0111. The van der Waals surface area contributed by atoms with Gasteiger partial charge in [-0.1, -0.05) is 0 Å². The van der Waals surface area contributed by atoms with Gasteiger partial charge in [0.2, 0.25) is 0 Å². The van der Waals surface area contributed by atoms with Gasteiger partial charge in [0.15, 0.2) is 5.54 Å². The monoisotopic (exact) mass is 419 g/mol. The number of pyridine rings is 1. The van der Waals surface area contributed by atoms with E-state index in [9.17, 15) is 23.1 Å². The second-order valence-electron chi connectivity index (χ2n) is 6.54. The third-order valence-electron chi connectivity index (χ3n) is 4.46. The molecular weight excluding hydrogens is 403 g/mol. The van der Waals surface area contributed by atoms with Crippen LogP contribution in [-0.4, -0.2) is 41.2 Å². The summed E-state index contributed by atoms with van der Waals surface area (Å²) in [5.74, 6) is -1.72. The van der Waals surface area contributed by atoms with Gasteiger partial charge in [-0.3, -0.25) is 4.79 Å². The second kappa shape index (κ2) is 8.38. The molecular formula is C19H16F3N5O3. The molecule has 0 fully saturated rings. The minimum Gasteiger partial charge on any atom is -0.463 e. The number of aromatic nitrogens is 1. The van der Waals surface area contributed by atoms with E-state index >= 15 is 0 Å². The van der Waals surface area contributed by atoms with Crippen LogP contribution in [0.2, 0.25) is 0 Å². The number of nitrogens with one attached hydrogen (secondary N) is 1. The van der Waals surface area contributed by atoms with Crippen molar-refractivity contribution in [2.24, 2.45) is 10.7 Å². The van der Waals surface area contributed by atoms with Gasteiger partial charge in [-0.25, -0.2) is 23.1 Å². The molecule has 0 bridgehead atoms. The van der Waals surface area contributed by atoms with Crippen LogP contribution in [-0.2, 0) is 10.3 Å².